The molecule has 3 aromatic rings. The summed E-state index contributed by atoms with van der Waals surface area (Å²) in [6.07, 6.45) is 5.41. The number of alkyl halides is 2. The van der Waals surface area contributed by atoms with Crippen LogP contribution >= 0.6 is 0 Å². The van der Waals surface area contributed by atoms with Crippen molar-refractivity contribution in [3.63, 3.8) is 0 Å². The predicted molar refractivity (Wildman–Crippen MR) is 115 cm³/mol. The molecule has 0 radical (unpaired) electrons. The van der Waals surface area contributed by atoms with Gasteiger partial charge in [-0.1, -0.05) is 55.8 Å². The van der Waals surface area contributed by atoms with Crippen LogP contribution in [-0.4, -0.2) is 11.4 Å². The normalized spacial score (nSPS) is 11.7. The highest BCUT2D eigenvalue weighted by Crippen LogP contribution is 2.25. The Hall–Kier alpha value is -3.41. The van der Waals surface area contributed by atoms with Gasteiger partial charge >= 0.3 is 0 Å². The minimum absolute atomic E-state index is 0.275. The largest absolute Gasteiger partial charge is 0.459 e. The van der Waals surface area contributed by atoms with E-state index in [9.17, 15) is 17.6 Å². The number of rotatable bonds is 8. The molecule has 0 aliphatic heterocycles. The van der Waals surface area contributed by atoms with Gasteiger partial charge in [-0.05, 0) is 41.3 Å². The molecule has 6 heteroatoms. The molecule has 160 valence electrons. The maximum atomic E-state index is 14.1. The fraction of sp³-hybridized carbons (Fsp3) is 0.160. The number of hydrogen-bond donors (Lipinski definition) is 0. The zero-order valence-electron chi connectivity index (χ0n) is 16.9. The molecule has 0 amide bonds. The molecule has 3 rings (SSSR count). The van der Waals surface area contributed by atoms with Gasteiger partial charge in [-0.15, -0.1) is 0 Å². The third kappa shape index (κ3) is 6.28. The smallest absolute Gasteiger partial charge is 0.260 e. The van der Waals surface area contributed by atoms with Gasteiger partial charge in [0.05, 0.1) is 12.0 Å². The minimum atomic E-state index is -2.77. The van der Waals surface area contributed by atoms with Crippen molar-refractivity contribution < 1.29 is 22.3 Å². The first-order chi connectivity index (χ1) is 15.0. The topological polar surface area (TPSA) is 22.1 Å². The van der Waals surface area contributed by atoms with E-state index >= 15 is 0 Å². The van der Waals surface area contributed by atoms with Crippen molar-refractivity contribution in [2.24, 2.45) is 0 Å². The standard InChI is InChI=1S/C25H21F4NO/c1-2-3-18-8-11-23(30-16-18)20-9-6-17(7-10-20)4-5-19-14-21(26)25(22(27)15-19)31-13-12-24(28)29/h4-16,24H,2-3H2,1H3. The highest BCUT2D eigenvalue weighted by Gasteiger charge is 2.11. The number of aromatic nitrogens is 1. The summed E-state index contributed by atoms with van der Waals surface area (Å²) in [5.41, 5.74) is 4.16. The molecule has 0 saturated carbocycles. The summed E-state index contributed by atoms with van der Waals surface area (Å²) in [6, 6.07) is 13.8. The summed E-state index contributed by atoms with van der Waals surface area (Å²) in [6.45, 7) is 2.12. The van der Waals surface area contributed by atoms with Gasteiger partial charge in [0.2, 0.25) is 0 Å². The fourth-order valence-electron chi connectivity index (χ4n) is 2.94. The van der Waals surface area contributed by atoms with Gasteiger partial charge in [0.15, 0.2) is 17.4 Å². The molecular weight excluding hydrogens is 406 g/mol. The van der Waals surface area contributed by atoms with Crippen molar-refractivity contribution >= 4 is 12.2 Å². The van der Waals surface area contributed by atoms with E-state index < -0.39 is 23.8 Å². The molecule has 0 bridgehead atoms. The minimum Gasteiger partial charge on any atom is -0.459 e. The van der Waals surface area contributed by atoms with Gasteiger partial charge in [-0.3, -0.25) is 4.98 Å². The average Bonchev–Trinajstić information content (AvgIpc) is 2.75. The monoisotopic (exact) mass is 427 g/mol. The Morgan fingerprint density at radius 1 is 0.935 bits per heavy atom. The molecule has 1 aromatic heterocycles. The molecule has 31 heavy (non-hydrogen) atoms. The van der Waals surface area contributed by atoms with Crippen molar-refractivity contribution in [3.8, 4) is 17.0 Å². The van der Waals surface area contributed by atoms with Crippen LogP contribution in [0, 0.1) is 11.6 Å². The van der Waals surface area contributed by atoms with Crippen molar-refractivity contribution in [2.75, 3.05) is 0 Å². The summed E-state index contributed by atoms with van der Waals surface area (Å²) in [7, 11) is 0. The summed E-state index contributed by atoms with van der Waals surface area (Å²) in [5, 5.41) is 0. The Labute approximate surface area is 178 Å². The number of aryl methyl sites for hydroxylation is 1. The molecule has 0 N–H and O–H groups in total. The first kappa shape index (κ1) is 22.3. The fourth-order valence-corrected chi connectivity index (χ4v) is 2.94. The summed E-state index contributed by atoms with van der Waals surface area (Å²) < 4.78 is 56.9. The first-order valence-corrected chi connectivity index (χ1v) is 9.80. The molecule has 0 spiro atoms. The Kier molecular flexibility index (Phi) is 7.60. The Morgan fingerprint density at radius 2 is 1.61 bits per heavy atom. The van der Waals surface area contributed by atoms with Crippen LogP contribution in [0.1, 0.15) is 30.0 Å². The van der Waals surface area contributed by atoms with Gasteiger partial charge < -0.3 is 4.74 Å². The third-order valence-electron chi connectivity index (χ3n) is 4.47. The van der Waals surface area contributed by atoms with Crippen LogP contribution in [0.15, 0.2) is 67.1 Å². The summed E-state index contributed by atoms with van der Waals surface area (Å²) in [5.74, 6) is -2.69. The van der Waals surface area contributed by atoms with Gasteiger partial charge in [0.1, 0.15) is 0 Å². The second kappa shape index (κ2) is 10.6. The molecule has 2 nitrogen and oxygen atoms in total. The zero-order chi connectivity index (χ0) is 22.2. The van der Waals surface area contributed by atoms with Gasteiger partial charge in [0, 0.05) is 17.8 Å². The SMILES string of the molecule is CCCc1ccc(-c2ccc(C=Cc3cc(F)c(OC=CC(F)F)c(F)c3)cc2)nc1. The van der Waals surface area contributed by atoms with E-state index in [1.165, 1.54) is 5.56 Å². The number of halogens is 4. The molecule has 0 saturated heterocycles. The number of allylic oxidation sites excluding steroid dienone is 1. The summed E-state index contributed by atoms with van der Waals surface area (Å²) in [4.78, 5) is 4.49. The molecule has 0 aliphatic rings. The first-order valence-electron chi connectivity index (χ1n) is 9.80. The highest BCUT2D eigenvalue weighted by atomic mass is 19.3. The van der Waals surface area contributed by atoms with E-state index in [4.69, 9.17) is 0 Å². The third-order valence-corrected chi connectivity index (χ3v) is 4.47. The van der Waals surface area contributed by atoms with Crippen LogP contribution < -0.4 is 4.74 Å². The zero-order valence-corrected chi connectivity index (χ0v) is 16.9. The van der Waals surface area contributed by atoms with E-state index in [0.29, 0.717) is 12.3 Å². The van der Waals surface area contributed by atoms with Crippen LogP contribution in [0.3, 0.4) is 0 Å². The lowest BCUT2D eigenvalue weighted by Gasteiger charge is -2.05. The van der Waals surface area contributed by atoms with Crippen LogP contribution in [0.4, 0.5) is 17.6 Å². The number of hydrogen-bond acceptors (Lipinski definition) is 2. The van der Waals surface area contributed by atoms with E-state index in [-0.39, 0.29) is 5.56 Å². The van der Waals surface area contributed by atoms with Crippen molar-refractivity contribution in [3.05, 3.63) is 95.4 Å². The van der Waals surface area contributed by atoms with Crippen LogP contribution in [0.25, 0.3) is 23.4 Å². The highest BCUT2D eigenvalue weighted by molar-refractivity contribution is 5.71. The molecule has 2 aromatic carbocycles. The van der Waals surface area contributed by atoms with E-state index in [0.717, 1.165) is 41.8 Å². The van der Waals surface area contributed by atoms with Gasteiger partial charge in [0.25, 0.3) is 6.43 Å². The lowest BCUT2D eigenvalue weighted by Crippen LogP contribution is -1.94. The quantitative estimate of drug-likeness (QED) is 0.214. The van der Waals surface area contributed by atoms with Gasteiger partial charge in [-0.25, -0.2) is 17.6 Å². The molecule has 0 atom stereocenters. The molecule has 1 heterocycles. The lowest BCUT2D eigenvalue weighted by molar-refractivity contribution is 0.200. The maximum Gasteiger partial charge on any atom is 0.260 e. The van der Waals surface area contributed by atoms with E-state index in [1.54, 1.807) is 12.2 Å². The van der Waals surface area contributed by atoms with E-state index in [1.807, 2.05) is 36.5 Å². The molecule has 0 unspecified atom stereocenters. The summed E-state index contributed by atoms with van der Waals surface area (Å²) >= 11 is 0. The van der Waals surface area contributed by atoms with Crippen LogP contribution in [-0.2, 0) is 6.42 Å². The van der Waals surface area contributed by atoms with Gasteiger partial charge in [-0.2, -0.15) is 0 Å². The van der Waals surface area contributed by atoms with Crippen LogP contribution in [0.5, 0.6) is 5.75 Å². The lowest BCUT2D eigenvalue weighted by atomic mass is 10.1. The number of ether oxygens (including phenoxy) is 1. The average molecular weight is 427 g/mol. The number of benzene rings is 2. The van der Waals surface area contributed by atoms with Crippen molar-refractivity contribution in [1.82, 2.24) is 4.98 Å². The number of pyridine rings is 1. The van der Waals surface area contributed by atoms with Crippen molar-refractivity contribution in [1.29, 1.82) is 0 Å². The number of nitrogens with zero attached hydrogens (tertiary/aromatic N) is 1. The molecule has 0 fully saturated rings. The Balaban J connectivity index is 1.70. The molecule has 0 aliphatic carbocycles. The Morgan fingerprint density at radius 3 is 2.19 bits per heavy atom. The van der Waals surface area contributed by atoms with E-state index in [2.05, 4.69) is 22.7 Å². The predicted octanol–water partition coefficient (Wildman–Crippen LogP) is 7.31. The van der Waals surface area contributed by atoms with Crippen LogP contribution in [0.2, 0.25) is 0 Å². The van der Waals surface area contributed by atoms with Crippen molar-refractivity contribution in [2.45, 2.75) is 26.2 Å². The second-order valence-electron chi connectivity index (χ2n) is 6.85. The molecular formula is C25H21F4NO. The Bertz CT molecular complexity index is 1030. The maximum absolute atomic E-state index is 14.1. The second-order valence-corrected chi connectivity index (χ2v) is 6.85.